The number of para-hydroxylation sites is 2. The van der Waals surface area contributed by atoms with Crippen molar-refractivity contribution >= 4 is 33.5 Å². The minimum Gasteiger partial charge on any atom is -0.454 e. The molecule has 0 saturated carbocycles. The maximum atomic E-state index is 6.40. The van der Waals surface area contributed by atoms with Crippen molar-refractivity contribution in [1.29, 1.82) is 0 Å². The number of hydrogen-bond acceptors (Lipinski definition) is 1. The molecule has 1 nitrogen and oxygen atoms in total. The monoisotopic (exact) mass is 394 g/mol. The molecule has 2 heteroatoms. The van der Waals surface area contributed by atoms with Gasteiger partial charge < -0.3 is 4.42 Å². The Morgan fingerprint density at radius 2 is 1.34 bits per heavy atom. The van der Waals surface area contributed by atoms with Crippen molar-refractivity contribution in [2.75, 3.05) is 0 Å². The molecule has 0 aliphatic heterocycles. The molecule has 1 aliphatic carbocycles. The van der Waals surface area contributed by atoms with Crippen molar-refractivity contribution in [3.8, 4) is 22.3 Å². The molecule has 0 unspecified atom stereocenters. The van der Waals surface area contributed by atoms with Crippen LogP contribution in [0.2, 0.25) is 5.02 Å². The number of fused-ring (bicyclic) bond motifs is 6. The van der Waals surface area contributed by atoms with Gasteiger partial charge in [0.2, 0.25) is 0 Å². The zero-order chi connectivity index (χ0) is 19.8. The summed E-state index contributed by atoms with van der Waals surface area (Å²) in [5.41, 5.74) is 9.32. The van der Waals surface area contributed by atoms with Crippen LogP contribution >= 0.6 is 11.6 Å². The van der Waals surface area contributed by atoms with Crippen LogP contribution < -0.4 is 0 Å². The van der Waals surface area contributed by atoms with E-state index in [-0.39, 0.29) is 5.41 Å². The third-order valence-corrected chi connectivity index (χ3v) is 6.67. The van der Waals surface area contributed by atoms with Gasteiger partial charge in [-0.2, -0.15) is 0 Å². The van der Waals surface area contributed by atoms with E-state index in [2.05, 4.69) is 80.6 Å². The Morgan fingerprint density at radius 3 is 2.21 bits per heavy atom. The average Bonchev–Trinajstić information content (AvgIpc) is 3.23. The Bertz CT molecular complexity index is 1440. The number of rotatable bonds is 1. The fourth-order valence-electron chi connectivity index (χ4n) is 4.88. The second kappa shape index (κ2) is 5.75. The van der Waals surface area contributed by atoms with Crippen LogP contribution in [0.5, 0.6) is 0 Å². The van der Waals surface area contributed by atoms with E-state index < -0.39 is 0 Å². The fourth-order valence-corrected chi connectivity index (χ4v) is 5.10. The molecular formula is C27H19ClO. The van der Waals surface area contributed by atoms with Gasteiger partial charge in [0.15, 0.2) is 5.58 Å². The van der Waals surface area contributed by atoms with Crippen molar-refractivity contribution < 1.29 is 4.42 Å². The van der Waals surface area contributed by atoms with Crippen LogP contribution in [0.3, 0.4) is 0 Å². The van der Waals surface area contributed by atoms with Crippen LogP contribution in [-0.4, -0.2) is 0 Å². The van der Waals surface area contributed by atoms with Crippen LogP contribution in [0.1, 0.15) is 25.0 Å². The molecule has 0 bridgehead atoms. The molecule has 6 rings (SSSR count). The molecule has 5 aromatic rings. The van der Waals surface area contributed by atoms with Gasteiger partial charge in [0.25, 0.3) is 0 Å². The molecule has 1 heterocycles. The number of benzene rings is 4. The Kier molecular flexibility index (Phi) is 3.34. The summed E-state index contributed by atoms with van der Waals surface area (Å²) in [6, 6.07) is 27.8. The van der Waals surface area contributed by atoms with Crippen molar-refractivity contribution in [3.63, 3.8) is 0 Å². The highest BCUT2D eigenvalue weighted by molar-refractivity contribution is 6.36. The lowest BCUT2D eigenvalue weighted by atomic mass is 9.81. The normalized spacial score (nSPS) is 14.3. The lowest BCUT2D eigenvalue weighted by molar-refractivity contribution is 0.660. The second-order valence-electron chi connectivity index (χ2n) is 8.33. The molecule has 0 saturated heterocycles. The quantitative estimate of drug-likeness (QED) is 0.279. The minimum absolute atomic E-state index is 0.0208. The van der Waals surface area contributed by atoms with E-state index in [0.717, 1.165) is 27.5 Å². The highest BCUT2D eigenvalue weighted by Crippen LogP contribution is 2.50. The molecule has 0 fully saturated rings. The first-order valence-corrected chi connectivity index (χ1v) is 10.3. The SMILES string of the molecule is CC1(C)c2ccccc2-c2ccc(-c3cccc4c3oc3c(Cl)cccc34)cc21. The summed E-state index contributed by atoms with van der Waals surface area (Å²) in [4.78, 5) is 0. The number of hydrogen-bond donors (Lipinski definition) is 0. The molecule has 0 amide bonds. The topological polar surface area (TPSA) is 13.1 Å². The summed E-state index contributed by atoms with van der Waals surface area (Å²) < 4.78 is 6.27. The zero-order valence-electron chi connectivity index (χ0n) is 16.3. The summed E-state index contributed by atoms with van der Waals surface area (Å²) >= 11 is 6.40. The van der Waals surface area contributed by atoms with E-state index in [1.807, 2.05) is 12.1 Å². The molecule has 140 valence electrons. The van der Waals surface area contributed by atoms with Crippen molar-refractivity contribution in [1.82, 2.24) is 0 Å². The first-order chi connectivity index (χ1) is 14.1. The van der Waals surface area contributed by atoms with E-state index >= 15 is 0 Å². The zero-order valence-corrected chi connectivity index (χ0v) is 17.0. The lowest BCUT2D eigenvalue weighted by Gasteiger charge is -2.22. The molecule has 1 aliphatic rings. The van der Waals surface area contributed by atoms with Crippen molar-refractivity contribution in [2.24, 2.45) is 0 Å². The smallest absolute Gasteiger partial charge is 0.154 e. The molecular weight excluding hydrogens is 376 g/mol. The van der Waals surface area contributed by atoms with E-state index in [1.54, 1.807) is 0 Å². The molecule has 0 atom stereocenters. The summed E-state index contributed by atoms with van der Waals surface area (Å²) in [7, 11) is 0. The Hall–Kier alpha value is -3.03. The van der Waals surface area contributed by atoms with Gasteiger partial charge in [-0.3, -0.25) is 0 Å². The minimum atomic E-state index is -0.0208. The highest BCUT2D eigenvalue weighted by atomic mass is 35.5. The van der Waals surface area contributed by atoms with Crippen LogP contribution in [0.15, 0.2) is 83.3 Å². The third kappa shape index (κ3) is 2.22. The van der Waals surface area contributed by atoms with Gasteiger partial charge in [-0.25, -0.2) is 0 Å². The molecule has 1 aromatic heterocycles. The third-order valence-electron chi connectivity index (χ3n) is 6.37. The first kappa shape index (κ1) is 16.9. The maximum Gasteiger partial charge on any atom is 0.154 e. The second-order valence-corrected chi connectivity index (χ2v) is 8.74. The predicted molar refractivity (Wildman–Crippen MR) is 122 cm³/mol. The van der Waals surface area contributed by atoms with Gasteiger partial charge in [-0.1, -0.05) is 92.2 Å². The van der Waals surface area contributed by atoms with Gasteiger partial charge in [0, 0.05) is 21.8 Å². The first-order valence-electron chi connectivity index (χ1n) is 9.90. The van der Waals surface area contributed by atoms with Crippen LogP contribution in [-0.2, 0) is 5.41 Å². The summed E-state index contributed by atoms with van der Waals surface area (Å²) in [6.45, 7) is 4.62. The average molecular weight is 395 g/mol. The highest BCUT2D eigenvalue weighted by Gasteiger charge is 2.35. The van der Waals surface area contributed by atoms with Gasteiger partial charge in [0.05, 0.1) is 5.02 Å². The predicted octanol–water partition coefficient (Wildman–Crippen LogP) is 8.21. The Labute approximate surface area is 174 Å². The Balaban J connectivity index is 1.62. The molecule has 0 radical (unpaired) electrons. The standard InChI is InChI=1S/C27H19ClO/c1-27(2)22-11-4-3-7-18(22)19-14-13-16(15-23(19)27)17-8-5-9-20-21-10-6-12-24(28)26(21)29-25(17)20/h3-15H,1-2H3. The van der Waals surface area contributed by atoms with Gasteiger partial charge in [0.1, 0.15) is 5.58 Å². The molecule has 0 spiro atoms. The molecule has 0 N–H and O–H groups in total. The summed E-state index contributed by atoms with van der Waals surface area (Å²) in [5, 5.41) is 2.81. The van der Waals surface area contributed by atoms with Gasteiger partial charge in [-0.05, 0) is 39.9 Å². The van der Waals surface area contributed by atoms with E-state index in [9.17, 15) is 0 Å². The molecule has 29 heavy (non-hydrogen) atoms. The Morgan fingerprint density at radius 1 is 0.655 bits per heavy atom. The van der Waals surface area contributed by atoms with E-state index in [4.69, 9.17) is 16.0 Å². The number of halogens is 1. The number of furan rings is 1. The summed E-state index contributed by atoms with van der Waals surface area (Å²) in [6.07, 6.45) is 0. The van der Waals surface area contributed by atoms with E-state index in [0.29, 0.717) is 5.02 Å². The van der Waals surface area contributed by atoms with Gasteiger partial charge in [-0.15, -0.1) is 0 Å². The fraction of sp³-hybridized carbons (Fsp3) is 0.111. The maximum absolute atomic E-state index is 6.40. The van der Waals surface area contributed by atoms with Crippen LogP contribution in [0.4, 0.5) is 0 Å². The largest absolute Gasteiger partial charge is 0.454 e. The lowest BCUT2D eigenvalue weighted by Crippen LogP contribution is -2.14. The molecule has 4 aromatic carbocycles. The van der Waals surface area contributed by atoms with E-state index in [1.165, 1.54) is 27.8 Å². The van der Waals surface area contributed by atoms with Crippen LogP contribution in [0.25, 0.3) is 44.2 Å². The summed E-state index contributed by atoms with van der Waals surface area (Å²) in [5.74, 6) is 0. The van der Waals surface area contributed by atoms with Gasteiger partial charge >= 0.3 is 0 Å². The van der Waals surface area contributed by atoms with Crippen molar-refractivity contribution in [2.45, 2.75) is 19.3 Å². The van der Waals surface area contributed by atoms with Crippen molar-refractivity contribution in [3.05, 3.63) is 95.0 Å². The van der Waals surface area contributed by atoms with Crippen LogP contribution in [0, 0.1) is 0 Å².